The fourth-order valence-corrected chi connectivity index (χ4v) is 3.52. The third-order valence-corrected chi connectivity index (χ3v) is 4.98. The van der Waals surface area contributed by atoms with Crippen molar-refractivity contribution in [1.29, 1.82) is 0 Å². The molecule has 1 heterocycles. The van der Waals surface area contributed by atoms with Gasteiger partial charge in [-0.05, 0) is 41.4 Å². The fraction of sp³-hybridized carbons (Fsp3) is 0.318. The van der Waals surface area contributed by atoms with Gasteiger partial charge in [0.15, 0.2) is 0 Å². The number of benzene rings is 2. The number of hydrogen-bond acceptors (Lipinski definition) is 3. The molecule has 3 rings (SSSR count). The number of H-pyrrole nitrogens is 1. The molecule has 0 aliphatic heterocycles. The standard InChI is InChI=1S/C22H25N3O2S/c1-2-3-4-7-14-25-20(23-22(28)24-25)15-16-10-12-17(13-11-16)18-8-5-6-9-19(18)21(26)27/h5-6,8-13H,2-4,7,14-15H2,1H3,(H,24,28)(H,26,27). The van der Waals surface area contributed by atoms with Gasteiger partial charge in [0.05, 0.1) is 5.56 Å². The van der Waals surface area contributed by atoms with Gasteiger partial charge in [0, 0.05) is 13.0 Å². The Hall–Kier alpha value is -2.73. The van der Waals surface area contributed by atoms with Crippen molar-refractivity contribution in [3.05, 3.63) is 70.3 Å². The van der Waals surface area contributed by atoms with Crippen LogP contribution in [0.3, 0.4) is 0 Å². The van der Waals surface area contributed by atoms with E-state index in [1.54, 1.807) is 12.1 Å². The maximum atomic E-state index is 11.4. The molecule has 0 spiro atoms. The van der Waals surface area contributed by atoms with Crippen LogP contribution in [0.2, 0.25) is 0 Å². The van der Waals surface area contributed by atoms with Crippen LogP contribution in [-0.2, 0) is 13.0 Å². The summed E-state index contributed by atoms with van der Waals surface area (Å²) in [6, 6.07) is 15.0. The minimum absolute atomic E-state index is 0.309. The first-order chi connectivity index (χ1) is 13.6. The number of rotatable bonds is 9. The zero-order chi connectivity index (χ0) is 19.9. The van der Waals surface area contributed by atoms with Gasteiger partial charge >= 0.3 is 5.97 Å². The molecular formula is C22H25N3O2S. The summed E-state index contributed by atoms with van der Waals surface area (Å²) < 4.78 is 2.56. The molecule has 0 aliphatic rings. The summed E-state index contributed by atoms with van der Waals surface area (Å²) in [6.07, 6.45) is 5.44. The van der Waals surface area contributed by atoms with Crippen LogP contribution in [0.5, 0.6) is 0 Å². The Bertz CT molecular complexity index is 990. The fourth-order valence-electron chi connectivity index (χ4n) is 3.31. The van der Waals surface area contributed by atoms with Crippen LogP contribution in [0.4, 0.5) is 0 Å². The van der Waals surface area contributed by atoms with Crippen molar-refractivity contribution in [3.8, 4) is 11.1 Å². The molecule has 0 atom stereocenters. The van der Waals surface area contributed by atoms with Crippen LogP contribution in [0.25, 0.3) is 11.1 Å². The number of hydrogen-bond donors (Lipinski definition) is 2. The highest BCUT2D eigenvalue weighted by molar-refractivity contribution is 7.71. The van der Waals surface area contributed by atoms with Crippen molar-refractivity contribution >= 4 is 18.2 Å². The van der Waals surface area contributed by atoms with E-state index in [9.17, 15) is 9.90 Å². The van der Waals surface area contributed by atoms with Gasteiger partial charge in [0.2, 0.25) is 4.77 Å². The van der Waals surface area contributed by atoms with Crippen molar-refractivity contribution in [2.75, 3.05) is 0 Å². The highest BCUT2D eigenvalue weighted by Crippen LogP contribution is 2.24. The van der Waals surface area contributed by atoms with E-state index in [2.05, 4.69) is 17.0 Å². The largest absolute Gasteiger partial charge is 0.478 e. The molecule has 28 heavy (non-hydrogen) atoms. The first-order valence-electron chi connectivity index (χ1n) is 9.66. The highest BCUT2D eigenvalue weighted by atomic mass is 32.1. The summed E-state index contributed by atoms with van der Waals surface area (Å²) in [6.45, 7) is 3.09. The third kappa shape index (κ3) is 4.95. The first-order valence-corrected chi connectivity index (χ1v) is 10.1. The number of carboxylic acids is 1. The number of aromatic carboxylic acids is 1. The van der Waals surface area contributed by atoms with Crippen molar-refractivity contribution < 1.29 is 9.90 Å². The lowest BCUT2D eigenvalue weighted by atomic mass is 9.98. The van der Waals surface area contributed by atoms with E-state index in [1.165, 1.54) is 19.3 Å². The molecule has 1 aromatic heterocycles. The Labute approximate surface area is 170 Å². The Balaban J connectivity index is 1.75. The zero-order valence-electron chi connectivity index (χ0n) is 16.0. The molecule has 0 saturated heterocycles. The second-order valence-electron chi connectivity index (χ2n) is 6.88. The van der Waals surface area contributed by atoms with E-state index in [0.717, 1.165) is 35.5 Å². The monoisotopic (exact) mass is 395 g/mol. The second kappa shape index (κ2) is 9.46. The van der Waals surface area contributed by atoms with Crippen molar-refractivity contribution in [1.82, 2.24) is 14.8 Å². The second-order valence-corrected chi connectivity index (χ2v) is 7.27. The van der Waals surface area contributed by atoms with Gasteiger partial charge in [0.25, 0.3) is 0 Å². The van der Waals surface area contributed by atoms with Gasteiger partial charge in [-0.2, -0.15) is 0 Å². The molecule has 0 unspecified atom stereocenters. The molecule has 0 fully saturated rings. The lowest BCUT2D eigenvalue weighted by Gasteiger charge is -2.09. The molecule has 0 radical (unpaired) electrons. The van der Waals surface area contributed by atoms with Crippen LogP contribution < -0.4 is 0 Å². The van der Waals surface area contributed by atoms with Gasteiger partial charge in [-0.3, -0.25) is 9.78 Å². The maximum absolute atomic E-state index is 11.4. The molecule has 0 bridgehead atoms. The van der Waals surface area contributed by atoms with Crippen LogP contribution in [0.15, 0.2) is 48.5 Å². The summed E-state index contributed by atoms with van der Waals surface area (Å²) in [7, 11) is 0. The van der Waals surface area contributed by atoms with Gasteiger partial charge < -0.3 is 5.11 Å². The molecular weight excluding hydrogens is 370 g/mol. The number of carboxylic acid groups (broad SMARTS) is 1. The van der Waals surface area contributed by atoms with Crippen LogP contribution in [0.1, 0.15) is 54.4 Å². The smallest absolute Gasteiger partial charge is 0.336 e. The van der Waals surface area contributed by atoms with E-state index in [-0.39, 0.29) is 0 Å². The molecule has 3 aromatic rings. The summed E-state index contributed by atoms with van der Waals surface area (Å²) in [5.74, 6) is 0.0125. The Morgan fingerprint density at radius 3 is 2.57 bits per heavy atom. The SMILES string of the molecule is CCCCCCn1[nH]c(=S)nc1Cc1ccc(-c2ccccc2C(=O)O)cc1. The number of nitrogens with one attached hydrogen (secondary N) is 1. The lowest BCUT2D eigenvalue weighted by Crippen LogP contribution is -2.07. The zero-order valence-corrected chi connectivity index (χ0v) is 16.8. The summed E-state index contributed by atoms with van der Waals surface area (Å²) in [5, 5.41) is 12.5. The number of carbonyl (C=O) groups is 1. The normalized spacial score (nSPS) is 10.9. The molecule has 2 aromatic carbocycles. The predicted octanol–water partition coefficient (Wildman–Crippen LogP) is 5.48. The lowest BCUT2D eigenvalue weighted by molar-refractivity contribution is 0.0697. The first kappa shape index (κ1) is 20.0. The molecule has 0 amide bonds. The quantitative estimate of drug-likeness (QED) is 0.372. The van der Waals surface area contributed by atoms with Crippen molar-refractivity contribution in [2.24, 2.45) is 0 Å². The van der Waals surface area contributed by atoms with E-state index in [4.69, 9.17) is 12.2 Å². The van der Waals surface area contributed by atoms with E-state index < -0.39 is 5.97 Å². The molecule has 0 saturated carbocycles. The molecule has 6 heteroatoms. The van der Waals surface area contributed by atoms with Crippen molar-refractivity contribution in [2.45, 2.75) is 45.6 Å². The van der Waals surface area contributed by atoms with Crippen LogP contribution >= 0.6 is 12.2 Å². The van der Waals surface area contributed by atoms with E-state index in [0.29, 0.717) is 16.8 Å². The molecule has 2 N–H and O–H groups in total. The molecule has 146 valence electrons. The topological polar surface area (TPSA) is 70.9 Å². The van der Waals surface area contributed by atoms with E-state index in [1.807, 2.05) is 41.1 Å². The number of aromatic amines is 1. The average Bonchev–Trinajstić information content (AvgIpc) is 3.05. The summed E-state index contributed by atoms with van der Waals surface area (Å²) in [4.78, 5) is 15.9. The van der Waals surface area contributed by atoms with Crippen LogP contribution in [0, 0.1) is 4.77 Å². The van der Waals surface area contributed by atoms with Gasteiger partial charge in [0.1, 0.15) is 5.82 Å². The van der Waals surface area contributed by atoms with E-state index >= 15 is 0 Å². The molecule has 5 nitrogen and oxygen atoms in total. The number of aryl methyl sites for hydroxylation is 1. The third-order valence-electron chi connectivity index (χ3n) is 4.79. The summed E-state index contributed by atoms with van der Waals surface area (Å²) >= 11 is 5.22. The minimum Gasteiger partial charge on any atom is -0.478 e. The predicted molar refractivity (Wildman–Crippen MR) is 113 cm³/mol. The number of aromatic nitrogens is 3. The van der Waals surface area contributed by atoms with Gasteiger partial charge in [-0.1, -0.05) is 68.7 Å². The van der Waals surface area contributed by atoms with Gasteiger partial charge in [-0.25, -0.2) is 9.78 Å². The Kier molecular flexibility index (Phi) is 6.76. The average molecular weight is 396 g/mol. The summed E-state index contributed by atoms with van der Waals surface area (Å²) in [5.41, 5.74) is 3.03. The molecule has 0 aliphatic carbocycles. The Morgan fingerprint density at radius 1 is 1.11 bits per heavy atom. The minimum atomic E-state index is -0.918. The number of unbranched alkanes of at least 4 members (excludes halogenated alkanes) is 3. The van der Waals surface area contributed by atoms with Crippen molar-refractivity contribution in [3.63, 3.8) is 0 Å². The highest BCUT2D eigenvalue weighted by Gasteiger charge is 2.11. The Morgan fingerprint density at radius 2 is 1.86 bits per heavy atom. The van der Waals surface area contributed by atoms with Crippen LogP contribution in [-0.4, -0.2) is 25.8 Å². The van der Waals surface area contributed by atoms with Gasteiger partial charge in [-0.15, -0.1) is 0 Å². The maximum Gasteiger partial charge on any atom is 0.336 e. The number of nitrogens with zero attached hydrogens (tertiary/aromatic N) is 2.